The fourth-order valence-corrected chi connectivity index (χ4v) is 2.46. The van der Waals surface area contributed by atoms with Gasteiger partial charge in [-0.05, 0) is 38.5 Å². The maximum Gasteiger partial charge on any atom is 0.320 e. The SMILES string of the molecule is O=C(N1CCCC1)N(CCCO)C1CCC1. The molecule has 4 heteroatoms. The lowest BCUT2D eigenvalue weighted by atomic mass is 9.91. The third-order valence-corrected chi connectivity index (χ3v) is 3.69. The van der Waals surface area contributed by atoms with Crippen LogP contribution in [-0.4, -0.2) is 53.2 Å². The van der Waals surface area contributed by atoms with Crippen LogP contribution in [0.25, 0.3) is 0 Å². The molecule has 0 atom stereocenters. The number of aliphatic hydroxyl groups is 1. The van der Waals surface area contributed by atoms with E-state index in [1.165, 1.54) is 6.42 Å². The van der Waals surface area contributed by atoms with Crippen LogP contribution < -0.4 is 0 Å². The van der Waals surface area contributed by atoms with Crippen LogP contribution >= 0.6 is 0 Å². The van der Waals surface area contributed by atoms with E-state index in [0.717, 1.165) is 45.3 Å². The van der Waals surface area contributed by atoms with Crippen LogP contribution in [-0.2, 0) is 0 Å². The first-order valence-electron chi connectivity index (χ1n) is 6.49. The van der Waals surface area contributed by atoms with Crippen LogP contribution in [0.15, 0.2) is 0 Å². The first-order valence-corrected chi connectivity index (χ1v) is 6.49. The van der Waals surface area contributed by atoms with Crippen LogP contribution in [0.3, 0.4) is 0 Å². The zero-order valence-electron chi connectivity index (χ0n) is 9.90. The van der Waals surface area contributed by atoms with E-state index in [1.54, 1.807) is 0 Å². The second-order valence-electron chi connectivity index (χ2n) is 4.83. The zero-order valence-corrected chi connectivity index (χ0v) is 9.90. The largest absolute Gasteiger partial charge is 0.396 e. The number of carbonyl (C=O) groups is 1. The number of aliphatic hydroxyl groups excluding tert-OH is 1. The van der Waals surface area contributed by atoms with Gasteiger partial charge in [0.1, 0.15) is 0 Å². The number of amides is 2. The van der Waals surface area contributed by atoms with E-state index in [1.807, 2.05) is 9.80 Å². The summed E-state index contributed by atoms with van der Waals surface area (Å²) in [4.78, 5) is 16.2. The van der Waals surface area contributed by atoms with Gasteiger partial charge in [0.25, 0.3) is 0 Å². The minimum absolute atomic E-state index is 0.177. The molecule has 1 saturated heterocycles. The molecule has 4 nitrogen and oxygen atoms in total. The summed E-state index contributed by atoms with van der Waals surface area (Å²) in [5, 5.41) is 8.88. The van der Waals surface area contributed by atoms with Gasteiger partial charge in [0, 0.05) is 32.3 Å². The molecule has 0 spiro atoms. The molecule has 2 fully saturated rings. The van der Waals surface area contributed by atoms with Gasteiger partial charge in [-0.2, -0.15) is 0 Å². The molecule has 0 aromatic rings. The topological polar surface area (TPSA) is 43.8 Å². The van der Waals surface area contributed by atoms with Gasteiger partial charge >= 0.3 is 6.03 Å². The standard InChI is InChI=1S/C12H22N2O2/c15-10-4-9-14(11-5-3-6-11)12(16)13-7-1-2-8-13/h11,15H,1-10H2. The molecule has 2 rings (SSSR count). The lowest BCUT2D eigenvalue weighted by Gasteiger charge is -2.39. The highest BCUT2D eigenvalue weighted by Gasteiger charge is 2.31. The van der Waals surface area contributed by atoms with E-state index < -0.39 is 0 Å². The Morgan fingerprint density at radius 3 is 2.44 bits per heavy atom. The van der Waals surface area contributed by atoms with Crippen molar-refractivity contribution in [3.05, 3.63) is 0 Å². The highest BCUT2D eigenvalue weighted by atomic mass is 16.3. The van der Waals surface area contributed by atoms with Crippen LogP contribution in [0.2, 0.25) is 0 Å². The Morgan fingerprint density at radius 2 is 1.94 bits per heavy atom. The first kappa shape index (κ1) is 11.7. The average Bonchev–Trinajstić information content (AvgIpc) is 2.73. The normalized spacial score (nSPS) is 20.9. The summed E-state index contributed by atoms with van der Waals surface area (Å²) in [6.07, 6.45) is 6.52. The molecule has 1 saturated carbocycles. The van der Waals surface area contributed by atoms with E-state index in [4.69, 9.17) is 5.11 Å². The summed E-state index contributed by atoms with van der Waals surface area (Å²) in [6.45, 7) is 2.73. The predicted octanol–water partition coefficient (Wildman–Crippen LogP) is 1.44. The number of carbonyl (C=O) groups excluding carboxylic acids is 1. The Balaban J connectivity index is 1.90. The van der Waals surface area contributed by atoms with Crippen LogP contribution in [0.1, 0.15) is 38.5 Å². The lowest BCUT2D eigenvalue weighted by molar-refractivity contribution is 0.106. The van der Waals surface area contributed by atoms with Gasteiger partial charge in [-0.25, -0.2) is 4.79 Å². The summed E-state index contributed by atoms with van der Waals surface area (Å²) in [6, 6.07) is 0.648. The van der Waals surface area contributed by atoms with E-state index >= 15 is 0 Å². The number of rotatable bonds is 4. The van der Waals surface area contributed by atoms with Crippen molar-refractivity contribution in [2.24, 2.45) is 0 Å². The summed E-state index contributed by atoms with van der Waals surface area (Å²) in [5.41, 5.74) is 0. The fourth-order valence-electron chi connectivity index (χ4n) is 2.46. The summed E-state index contributed by atoms with van der Waals surface area (Å²) >= 11 is 0. The molecule has 1 N–H and O–H groups in total. The maximum absolute atomic E-state index is 12.3. The second-order valence-corrected chi connectivity index (χ2v) is 4.83. The predicted molar refractivity (Wildman–Crippen MR) is 62.3 cm³/mol. The molecular weight excluding hydrogens is 204 g/mol. The van der Waals surface area contributed by atoms with Crippen molar-refractivity contribution in [3.8, 4) is 0 Å². The van der Waals surface area contributed by atoms with Crippen molar-refractivity contribution in [2.45, 2.75) is 44.6 Å². The van der Waals surface area contributed by atoms with E-state index in [9.17, 15) is 4.79 Å². The molecule has 1 aliphatic carbocycles. The van der Waals surface area contributed by atoms with Gasteiger partial charge in [-0.1, -0.05) is 0 Å². The molecule has 1 heterocycles. The Labute approximate surface area is 97.2 Å². The molecule has 0 radical (unpaired) electrons. The fraction of sp³-hybridized carbons (Fsp3) is 0.917. The Kier molecular flexibility index (Phi) is 4.04. The highest BCUT2D eigenvalue weighted by Crippen LogP contribution is 2.26. The third-order valence-electron chi connectivity index (χ3n) is 3.69. The smallest absolute Gasteiger partial charge is 0.320 e. The van der Waals surface area contributed by atoms with E-state index in [2.05, 4.69) is 0 Å². The van der Waals surface area contributed by atoms with E-state index in [0.29, 0.717) is 12.5 Å². The van der Waals surface area contributed by atoms with Crippen molar-refractivity contribution in [3.63, 3.8) is 0 Å². The molecule has 0 aromatic carbocycles. The van der Waals surface area contributed by atoms with Crippen molar-refractivity contribution in [1.29, 1.82) is 0 Å². The molecule has 0 unspecified atom stereocenters. The first-order chi connectivity index (χ1) is 7.83. The van der Waals surface area contributed by atoms with Crippen LogP contribution in [0, 0.1) is 0 Å². The summed E-state index contributed by atoms with van der Waals surface area (Å²) < 4.78 is 0. The maximum atomic E-state index is 12.3. The van der Waals surface area contributed by atoms with Crippen LogP contribution in [0.4, 0.5) is 4.79 Å². The van der Waals surface area contributed by atoms with Gasteiger partial charge in [0.15, 0.2) is 0 Å². The minimum Gasteiger partial charge on any atom is -0.396 e. The van der Waals surface area contributed by atoms with Crippen molar-refractivity contribution in [2.75, 3.05) is 26.2 Å². The lowest BCUT2D eigenvalue weighted by Crippen LogP contribution is -2.50. The van der Waals surface area contributed by atoms with Crippen LogP contribution in [0.5, 0.6) is 0 Å². The number of urea groups is 1. The number of nitrogens with zero attached hydrogens (tertiary/aromatic N) is 2. The average molecular weight is 226 g/mol. The molecule has 0 aromatic heterocycles. The highest BCUT2D eigenvalue weighted by molar-refractivity contribution is 5.75. The molecule has 1 aliphatic heterocycles. The molecule has 16 heavy (non-hydrogen) atoms. The number of hydrogen-bond donors (Lipinski definition) is 1. The van der Waals surface area contributed by atoms with Crippen molar-refractivity contribution in [1.82, 2.24) is 9.80 Å². The van der Waals surface area contributed by atoms with Gasteiger partial charge < -0.3 is 14.9 Å². The monoisotopic (exact) mass is 226 g/mol. The van der Waals surface area contributed by atoms with Gasteiger partial charge in [-0.15, -0.1) is 0 Å². The molecular formula is C12H22N2O2. The van der Waals surface area contributed by atoms with Crippen molar-refractivity contribution < 1.29 is 9.90 Å². The Bertz CT molecular complexity index is 235. The van der Waals surface area contributed by atoms with Crippen molar-refractivity contribution >= 4 is 6.03 Å². The molecule has 2 aliphatic rings. The van der Waals surface area contributed by atoms with Gasteiger partial charge in [0.2, 0.25) is 0 Å². The number of hydrogen-bond acceptors (Lipinski definition) is 2. The quantitative estimate of drug-likeness (QED) is 0.788. The van der Waals surface area contributed by atoms with Gasteiger partial charge in [0.05, 0.1) is 0 Å². The second kappa shape index (κ2) is 5.53. The zero-order chi connectivity index (χ0) is 11.4. The van der Waals surface area contributed by atoms with Gasteiger partial charge in [-0.3, -0.25) is 0 Å². The van der Waals surface area contributed by atoms with E-state index in [-0.39, 0.29) is 12.6 Å². The minimum atomic E-state index is 0.177. The molecule has 2 amide bonds. The Hall–Kier alpha value is -0.770. The summed E-state index contributed by atoms with van der Waals surface area (Å²) in [7, 11) is 0. The molecule has 92 valence electrons. The third kappa shape index (κ3) is 2.48. The molecule has 0 bridgehead atoms. The summed E-state index contributed by atoms with van der Waals surface area (Å²) in [5.74, 6) is 0. The number of likely N-dealkylation sites (tertiary alicyclic amines) is 1. The Morgan fingerprint density at radius 1 is 1.25 bits per heavy atom.